The van der Waals surface area contributed by atoms with Gasteiger partial charge in [-0.1, -0.05) is 17.7 Å². The number of aliphatic hydroxyl groups excluding tert-OH is 1. The van der Waals surface area contributed by atoms with Crippen LogP contribution in [0.4, 0.5) is 0 Å². The summed E-state index contributed by atoms with van der Waals surface area (Å²) in [5, 5.41) is 20.1. The first-order chi connectivity index (χ1) is 10.0. The van der Waals surface area contributed by atoms with Crippen molar-refractivity contribution in [3.8, 4) is 0 Å². The van der Waals surface area contributed by atoms with E-state index in [1.165, 1.54) is 0 Å². The van der Waals surface area contributed by atoms with Crippen LogP contribution >= 0.6 is 11.6 Å². The van der Waals surface area contributed by atoms with E-state index in [9.17, 15) is 5.11 Å². The van der Waals surface area contributed by atoms with Crippen molar-refractivity contribution in [3.63, 3.8) is 0 Å². The Morgan fingerprint density at radius 3 is 2.52 bits per heavy atom. The van der Waals surface area contributed by atoms with Crippen LogP contribution in [0.5, 0.6) is 0 Å². The van der Waals surface area contributed by atoms with Crippen molar-refractivity contribution in [1.82, 2.24) is 21.4 Å². The van der Waals surface area contributed by atoms with E-state index in [1.807, 2.05) is 25.1 Å². The van der Waals surface area contributed by atoms with Crippen LogP contribution < -0.4 is 27.3 Å². The quantitative estimate of drug-likeness (QED) is 0.272. The smallest absolute Gasteiger partial charge is 0.147 e. The van der Waals surface area contributed by atoms with Crippen molar-refractivity contribution in [2.45, 2.75) is 31.9 Å². The van der Waals surface area contributed by atoms with E-state index < -0.39 is 6.23 Å². The normalized spacial score (nSPS) is 14.4. The molecule has 0 spiro atoms. The number of aryl methyl sites for hydroxylation is 1. The molecule has 0 amide bonds. The Bertz CT molecular complexity index is 431. The number of likely N-dealkylation sites (N-methyl/N-ethyl adjacent to an activating group) is 2. The monoisotopic (exact) mass is 317 g/mol. The maximum absolute atomic E-state index is 10.1. The van der Waals surface area contributed by atoms with Gasteiger partial charge in [0.05, 0.1) is 12.2 Å². The first-order valence-electron chi connectivity index (χ1n) is 6.65. The molecule has 0 aromatic heterocycles. The molecule has 21 heavy (non-hydrogen) atoms. The van der Waals surface area contributed by atoms with Gasteiger partial charge in [-0.2, -0.15) is 11.4 Å². The van der Waals surface area contributed by atoms with Gasteiger partial charge in [0.25, 0.3) is 0 Å². The van der Waals surface area contributed by atoms with E-state index in [0.717, 1.165) is 11.1 Å². The number of benzene rings is 1. The minimum Gasteiger partial charge on any atom is -0.375 e. The number of hydroxylamine groups is 1. The Kier molecular flexibility index (Phi) is 8.09. The third-order valence-corrected chi connectivity index (χ3v) is 3.58. The Morgan fingerprint density at radius 1 is 1.33 bits per heavy atom. The maximum atomic E-state index is 10.1. The molecule has 1 aromatic carbocycles. The first kappa shape index (κ1) is 18.3. The van der Waals surface area contributed by atoms with Crippen molar-refractivity contribution < 1.29 is 10.0 Å². The van der Waals surface area contributed by atoms with Crippen molar-refractivity contribution in [1.29, 1.82) is 0 Å². The van der Waals surface area contributed by atoms with Gasteiger partial charge in [0.1, 0.15) is 6.23 Å². The highest BCUT2D eigenvalue weighted by atomic mass is 35.5. The minimum absolute atomic E-state index is 0.185. The lowest BCUT2D eigenvalue weighted by Crippen LogP contribution is -2.62. The zero-order chi connectivity index (χ0) is 15.8. The number of halogens is 1. The van der Waals surface area contributed by atoms with E-state index in [0.29, 0.717) is 11.6 Å². The van der Waals surface area contributed by atoms with Crippen molar-refractivity contribution in [2.75, 3.05) is 14.1 Å². The summed E-state index contributed by atoms with van der Waals surface area (Å²) < 4.78 is 0. The fraction of sp³-hybridized carbons (Fsp3) is 0.538. The predicted octanol–water partition coefficient (Wildman–Crippen LogP) is -0.415. The third kappa shape index (κ3) is 5.50. The molecule has 0 aliphatic rings. The van der Waals surface area contributed by atoms with Gasteiger partial charge >= 0.3 is 0 Å². The molecule has 2 unspecified atom stereocenters. The van der Waals surface area contributed by atoms with Gasteiger partial charge in [-0.15, -0.1) is 0 Å². The average molecular weight is 318 g/mol. The lowest BCUT2D eigenvalue weighted by Gasteiger charge is -2.31. The first-order valence-corrected chi connectivity index (χ1v) is 7.03. The third-order valence-electron chi connectivity index (χ3n) is 3.34. The summed E-state index contributed by atoms with van der Waals surface area (Å²) in [7, 11) is 3.58. The minimum atomic E-state index is -0.993. The molecule has 0 aliphatic heterocycles. The van der Waals surface area contributed by atoms with Crippen LogP contribution in [-0.4, -0.2) is 37.6 Å². The fourth-order valence-corrected chi connectivity index (χ4v) is 2.37. The summed E-state index contributed by atoms with van der Waals surface area (Å²) in [6.07, 6.45) is -1.18. The molecular formula is C13H24ClN5O2. The number of hydrogen-bond donors (Lipinski definition) is 6. The van der Waals surface area contributed by atoms with Crippen molar-refractivity contribution in [3.05, 3.63) is 34.3 Å². The molecule has 0 radical (unpaired) electrons. The van der Waals surface area contributed by atoms with Gasteiger partial charge in [-0.25, -0.2) is 4.94 Å². The van der Waals surface area contributed by atoms with E-state index in [-0.39, 0.29) is 12.2 Å². The molecule has 120 valence electrons. The topological polar surface area (TPSA) is 104 Å². The molecule has 0 saturated heterocycles. The molecule has 1 aromatic rings. The van der Waals surface area contributed by atoms with Crippen LogP contribution in [0.1, 0.15) is 11.1 Å². The lowest BCUT2D eigenvalue weighted by molar-refractivity contribution is -0.0793. The number of nitrogens with two attached hydrogens (primary N) is 1. The summed E-state index contributed by atoms with van der Waals surface area (Å²) >= 11 is 5.95. The maximum Gasteiger partial charge on any atom is 0.147 e. The van der Waals surface area contributed by atoms with E-state index >= 15 is 0 Å². The Balaban J connectivity index is 2.76. The fourth-order valence-electron chi connectivity index (χ4n) is 2.14. The summed E-state index contributed by atoms with van der Waals surface area (Å²) in [5.74, 6) is 4.94. The molecular weight excluding hydrogens is 294 g/mol. The van der Waals surface area contributed by atoms with Gasteiger partial charge in [0.2, 0.25) is 0 Å². The van der Waals surface area contributed by atoms with Crippen molar-refractivity contribution in [2.24, 2.45) is 5.90 Å². The van der Waals surface area contributed by atoms with Gasteiger partial charge in [-0.05, 0) is 44.3 Å². The van der Waals surface area contributed by atoms with E-state index in [4.69, 9.17) is 17.5 Å². The van der Waals surface area contributed by atoms with Gasteiger partial charge in [0.15, 0.2) is 0 Å². The number of rotatable bonds is 9. The number of hydrogen-bond acceptors (Lipinski definition) is 7. The van der Waals surface area contributed by atoms with Crippen LogP contribution in [0.2, 0.25) is 5.02 Å². The molecule has 7 N–H and O–H groups in total. The molecule has 0 bridgehead atoms. The van der Waals surface area contributed by atoms with Crippen LogP contribution in [0.25, 0.3) is 0 Å². The molecule has 0 heterocycles. The standard InChI is InChI=1S/C13H24ClN5O2/c1-8-6-10(14)5-4-9(8)7-18-11(12(16-2)17-3)13(20)19-21-15/h4-6,11-13,16-20H,7,15H2,1-3H3. The SMILES string of the molecule is CNC(NC)C(NCc1ccc(Cl)cc1C)C(O)NON. The number of nitrogens with one attached hydrogen (secondary N) is 4. The Labute approximate surface area is 130 Å². The van der Waals surface area contributed by atoms with Gasteiger partial charge in [0, 0.05) is 11.6 Å². The second-order valence-electron chi connectivity index (χ2n) is 4.71. The van der Waals surface area contributed by atoms with E-state index in [2.05, 4.69) is 26.4 Å². The molecule has 7 nitrogen and oxygen atoms in total. The van der Waals surface area contributed by atoms with Gasteiger partial charge < -0.3 is 21.1 Å². The van der Waals surface area contributed by atoms with Crippen LogP contribution in [-0.2, 0) is 11.5 Å². The van der Waals surface area contributed by atoms with E-state index in [1.54, 1.807) is 14.1 Å². The van der Waals surface area contributed by atoms with Crippen molar-refractivity contribution >= 4 is 11.6 Å². The molecule has 0 saturated carbocycles. The summed E-state index contributed by atoms with van der Waals surface area (Å²) in [5.41, 5.74) is 4.50. The summed E-state index contributed by atoms with van der Waals surface area (Å²) in [4.78, 5) is 4.30. The largest absolute Gasteiger partial charge is 0.375 e. The Hall–Kier alpha value is -0.770. The Morgan fingerprint density at radius 2 is 2.00 bits per heavy atom. The predicted molar refractivity (Wildman–Crippen MR) is 83.1 cm³/mol. The second-order valence-corrected chi connectivity index (χ2v) is 5.15. The highest BCUT2D eigenvalue weighted by Gasteiger charge is 2.26. The number of aliphatic hydroxyl groups is 1. The molecule has 0 aliphatic carbocycles. The zero-order valence-corrected chi connectivity index (χ0v) is 13.2. The molecule has 2 atom stereocenters. The second kappa shape index (κ2) is 9.29. The molecule has 8 heteroatoms. The van der Waals surface area contributed by atoms with Crippen LogP contribution in [0, 0.1) is 6.92 Å². The summed E-state index contributed by atoms with van der Waals surface area (Å²) in [6, 6.07) is 5.32. The molecule has 0 fully saturated rings. The van der Waals surface area contributed by atoms with Crippen LogP contribution in [0.3, 0.4) is 0 Å². The lowest BCUT2D eigenvalue weighted by atomic mass is 10.1. The highest BCUT2D eigenvalue weighted by Crippen LogP contribution is 2.15. The molecule has 1 rings (SSSR count). The highest BCUT2D eigenvalue weighted by molar-refractivity contribution is 6.30. The van der Waals surface area contributed by atoms with Gasteiger partial charge in [-0.3, -0.25) is 0 Å². The van der Waals surface area contributed by atoms with Crippen LogP contribution in [0.15, 0.2) is 18.2 Å². The summed E-state index contributed by atoms with van der Waals surface area (Å²) in [6.45, 7) is 2.56. The average Bonchev–Trinajstić information content (AvgIpc) is 2.45. The zero-order valence-electron chi connectivity index (χ0n) is 12.5.